The van der Waals surface area contributed by atoms with Crippen LogP contribution in [0.1, 0.15) is 123 Å². The Bertz CT molecular complexity index is 2070. The van der Waals surface area contributed by atoms with Crippen LogP contribution in [0.3, 0.4) is 0 Å². The molecule has 28 heteroatoms. The van der Waals surface area contributed by atoms with Gasteiger partial charge in [0.1, 0.15) is 24.7 Å². The summed E-state index contributed by atoms with van der Waals surface area (Å²) in [5, 5.41) is 2.41. The van der Waals surface area contributed by atoms with Gasteiger partial charge in [0.05, 0.1) is 44.3 Å². The molecule has 0 unspecified atom stereocenters. The van der Waals surface area contributed by atoms with Gasteiger partial charge in [0.2, 0.25) is 38.5 Å². The van der Waals surface area contributed by atoms with Crippen molar-refractivity contribution in [1.82, 2.24) is 36.0 Å². The Morgan fingerprint density at radius 3 is 1.15 bits per heavy atom. The smallest absolute Gasteiger partial charge is 0.346 e. The number of piperidine rings is 3. The number of primary amides is 3. The largest absolute Gasteiger partial charge is 0.724 e. The topological polar surface area (TPSA) is 379 Å². The predicted molar refractivity (Wildman–Crippen MR) is 258 cm³/mol. The summed E-state index contributed by atoms with van der Waals surface area (Å²) in [7, 11) is -10.0. The number of hydrogen-bond acceptors (Lipinski definition) is 15. The molecule has 0 saturated carbocycles. The minimum absolute atomic E-state index is 0. The van der Waals surface area contributed by atoms with Crippen molar-refractivity contribution in [3.8, 4) is 0 Å². The Labute approximate surface area is 423 Å². The van der Waals surface area contributed by atoms with E-state index >= 15 is 0 Å². The fourth-order valence-corrected chi connectivity index (χ4v) is 10.5. The molecule has 6 saturated heterocycles. The summed E-state index contributed by atoms with van der Waals surface area (Å²) >= 11 is 0. The van der Waals surface area contributed by atoms with Crippen LogP contribution in [-0.4, -0.2) is 178 Å². The molecule has 1 aromatic carbocycles. The van der Waals surface area contributed by atoms with E-state index in [1.54, 1.807) is 0 Å². The minimum atomic E-state index is -5.00. The zero-order valence-electron chi connectivity index (χ0n) is 42.2. The highest BCUT2D eigenvalue weighted by atomic mass is 32.3. The second-order valence-corrected chi connectivity index (χ2v) is 20.5. The van der Waals surface area contributed by atoms with Crippen LogP contribution in [0.2, 0.25) is 0 Å². The first-order chi connectivity index (χ1) is 33.5. The van der Waals surface area contributed by atoms with Gasteiger partial charge in [0.25, 0.3) is 0 Å². The lowest BCUT2D eigenvalue weighted by atomic mass is 10.0. The van der Waals surface area contributed by atoms with Gasteiger partial charge >= 0.3 is 18.1 Å². The first-order valence-corrected chi connectivity index (χ1v) is 27.2. The van der Waals surface area contributed by atoms with E-state index in [1.165, 1.54) is 92.0 Å². The van der Waals surface area contributed by atoms with Crippen molar-refractivity contribution in [1.29, 1.82) is 0 Å². The molecule has 6 heterocycles. The van der Waals surface area contributed by atoms with Crippen LogP contribution < -0.4 is 23.4 Å². The Kier molecular flexibility index (Phi) is 23.8. The van der Waals surface area contributed by atoms with Crippen molar-refractivity contribution >= 4 is 56.6 Å². The third-order valence-corrected chi connectivity index (χ3v) is 14.1. The fraction of sp³-hybridized carbons (Fsp3) is 0.727. The number of carbonyl (C=O) groups excluding carboxylic acids is 6. The van der Waals surface area contributed by atoms with Crippen molar-refractivity contribution in [2.45, 2.75) is 160 Å². The number of nitrogens with zero attached hydrogens (tertiary/aromatic N) is 7. The lowest BCUT2D eigenvalue weighted by Gasteiger charge is -2.39. The number of rotatable bonds is 22. The first kappa shape index (κ1) is 61.4. The molecule has 0 aromatic heterocycles. The number of hydrogen-bond donors (Lipinski definition) is 4. The van der Waals surface area contributed by atoms with Gasteiger partial charge in [0, 0.05) is 19.6 Å². The zero-order chi connectivity index (χ0) is 52.7. The molecule has 6 aliphatic rings. The van der Waals surface area contributed by atoms with Gasteiger partial charge < -0.3 is 51.6 Å². The second-order valence-electron chi connectivity index (χ2n) is 18.6. The van der Waals surface area contributed by atoms with E-state index in [9.17, 15) is 54.7 Å². The molecular formula is C44H77N11O15S2. The van der Waals surface area contributed by atoms with Gasteiger partial charge in [-0.2, -0.15) is 23.8 Å². The summed E-state index contributed by atoms with van der Waals surface area (Å²) in [6.07, 6.45) is 13.8. The van der Waals surface area contributed by atoms with Crippen LogP contribution in [0.5, 0.6) is 0 Å². The van der Waals surface area contributed by atoms with E-state index in [2.05, 4.69) is 36.3 Å². The molecule has 6 fully saturated rings. The molecule has 7 rings (SSSR count). The fourth-order valence-electron chi connectivity index (χ4n) is 9.71. The van der Waals surface area contributed by atoms with Gasteiger partial charge in [-0.15, -0.1) is 0 Å². The molecule has 0 aliphatic carbocycles. The molecule has 26 nitrogen and oxygen atoms in total. The van der Waals surface area contributed by atoms with Gasteiger partial charge in [0.15, 0.2) is 0 Å². The van der Waals surface area contributed by atoms with Crippen LogP contribution in [0.25, 0.3) is 0 Å². The second kappa shape index (κ2) is 27.9. The Hall–Kier alpha value is -4.94. The van der Waals surface area contributed by atoms with Crippen LogP contribution in [0.4, 0.5) is 14.4 Å². The van der Waals surface area contributed by atoms with E-state index < -0.39 is 80.8 Å². The number of quaternary nitrogens is 2. The zero-order valence-corrected chi connectivity index (χ0v) is 43.8. The molecule has 6 atom stereocenters. The average molecular weight is 1060 g/mol. The van der Waals surface area contributed by atoms with Crippen LogP contribution in [-0.2, 0) is 55.2 Å². The summed E-state index contributed by atoms with van der Waals surface area (Å²) in [4.78, 5) is 78.5. The van der Waals surface area contributed by atoms with E-state index in [0.29, 0.717) is 55.4 Å². The number of nitrogens with two attached hydrogens (primary N) is 3. The van der Waals surface area contributed by atoms with E-state index in [-0.39, 0.29) is 31.3 Å². The highest BCUT2D eigenvalue weighted by Gasteiger charge is 2.50. The lowest BCUT2D eigenvalue weighted by Crippen LogP contribution is -2.50. The molecule has 410 valence electrons. The molecule has 6 aliphatic heterocycles. The first-order valence-electron chi connectivity index (χ1n) is 24.5. The molecule has 0 radical (unpaired) electrons. The van der Waals surface area contributed by atoms with E-state index in [1.807, 2.05) is 30.3 Å². The van der Waals surface area contributed by atoms with Gasteiger partial charge in [-0.25, -0.2) is 31.2 Å². The third-order valence-electron chi connectivity index (χ3n) is 13.5. The van der Waals surface area contributed by atoms with Crippen LogP contribution >= 0.6 is 0 Å². The summed E-state index contributed by atoms with van der Waals surface area (Å²) < 4.78 is 72.3. The number of hydroxylamine groups is 6. The Morgan fingerprint density at radius 1 is 0.556 bits per heavy atom. The number of amides is 9. The minimum Gasteiger partial charge on any atom is -0.724 e. The Morgan fingerprint density at radius 2 is 0.861 bits per heavy atom. The molecular weight excluding hydrogens is 987 g/mol. The highest BCUT2D eigenvalue weighted by Crippen LogP contribution is 2.33. The van der Waals surface area contributed by atoms with Crippen molar-refractivity contribution in [2.75, 3.05) is 45.8 Å². The van der Waals surface area contributed by atoms with Gasteiger partial charge in [-0.05, 0) is 69.8 Å². The summed E-state index contributed by atoms with van der Waals surface area (Å²) in [5.74, 6) is -1.77. The van der Waals surface area contributed by atoms with Crippen LogP contribution in [0, 0.1) is 0 Å². The van der Waals surface area contributed by atoms with Crippen molar-refractivity contribution in [3.63, 3.8) is 0 Å². The summed E-state index contributed by atoms with van der Waals surface area (Å²) in [6, 6.07) is 4.65. The SMILES string of the molecule is CCCC[N+](CCCC)(CCCC)CCCC.NC(=O)[C@@H]1CC[C@@H]2CN1C(=O)N2OCc1ccccc1.NC(=O)[C@@H]1CC[C@@H]2CN1C(=O)N2OS(=O)(=O)[O-].NC(=O)[C@@H]1CC[C@@H]2CN1C(=O)N2OS(=O)(=O)[O-].[NH4+]. The lowest BCUT2D eigenvalue weighted by molar-refractivity contribution is -0.929. The van der Waals surface area contributed by atoms with Crippen molar-refractivity contribution < 1.29 is 72.6 Å². The normalized spacial score (nSPS) is 23.3. The molecule has 6 bridgehead atoms. The number of fused-ring (bicyclic) bond motifs is 6. The van der Waals surface area contributed by atoms with Crippen LogP contribution in [0.15, 0.2) is 30.3 Å². The number of unbranched alkanes of at least 4 members (excludes halogenated alkanes) is 4. The maximum absolute atomic E-state index is 12.2. The van der Waals surface area contributed by atoms with E-state index in [4.69, 9.17) is 22.0 Å². The average Bonchev–Trinajstić information content (AvgIpc) is 3.80. The van der Waals surface area contributed by atoms with Gasteiger partial charge in [-0.3, -0.25) is 19.2 Å². The molecule has 1 aromatic rings. The van der Waals surface area contributed by atoms with Crippen molar-refractivity contribution in [3.05, 3.63) is 35.9 Å². The maximum Gasteiger partial charge on any atom is 0.346 e. The quantitative estimate of drug-likeness (QED) is 0.0736. The monoisotopic (exact) mass is 1060 g/mol. The molecule has 10 N–H and O–H groups in total. The molecule has 0 spiro atoms. The number of carbonyl (C=O) groups is 6. The molecule has 9 amide bonds. The van der Waals surface area contributed by atoms with Gasteiger partial charge in [-0.1, -0.05) is 83.7 Å². The van der Waals surface area contributed by atoms with E-state index in [0.717, 1.165) is 21.8 Å². The summed E-state index contributed by atoms with van der Waals surface area (Å²) in [5.41, 5.74) is 16.6. The predicted octanol–water partition coefficient (Wildman–Crippen LogP) is 2.52. The standard InChI is InChI=1S/C16H36N.C14H17N3O3.2C7H11N3O6S.H3N/c1-5-9-13-17(14-10-6-2,15-11-7-3)16-12-8-4;15-13(18)12-7-6-11-8-16(12)14(19)17(11)20-9-10-4-2-1-3-5-10;2*8-6(11)5-2-1-4-3-9(5)7(12)10(4)16-17(13,14)15;/h5-16H2,1-4H3;1-5,11-12H,6-9H2,(H2,15,18);2*4-5H,1-3H2,(H2,8,11)(H,13,14,15);1H3/q+1;;;;/p-1/t;11-,12+;2*4-,5+;/m.111./s1. The highest BCUT2D eigenvalue weighted by molar-refractivity contribution is 7.81. The molecule has 72 heavy (non-hydrogen) atoms. The number of urea groups is 3. The Balaban J connectivity index is 0.000000253. The third kappa shape index (κ3) is 17.1. The van der Waals surface area contributed by atoms with Crippen molar-refractivity contribution in [2.24, 2.45) is 17.2 Å². The summed E-state index contributed by atoms with van der Waals surface area (Å²) in [6.45, 7) is 16.1. The number of benzene rings is 1. The maximum atomic E-state index is 12.2.